The van der Waals surface area contributed by atoms with Gasteiger partial charge in [0.1, 0.15) is 0 Å². The number of fused-ring (bicyclic) bond motifs is 1. The summed E-state index contributed by atoms with van der Waals surface area (Å²) in [6.45, 7) is 1.09. The number of aromatic nitrogens is 1. The number of aromatic amines is 1. The lowest BCUT2D eigenvalue weighted by atomic mass is 9.96. The third-order valence-electron chi connectivity index (χ3n) is 5.93. The molecule has 1 aliphatic rings. The molecule has 3 aromatic rings. The predicted molar refractivity (Wildman–Crippen MR) is 134 cm³/mol. The number of thiocarbonyl (C=S) groups is 1. The Kier molecular flexibility index (Phi) is 7.32. The number of H-pyrrole nitrogens is 1. The minimum absolute atomic E-state index is 0.124. The zero-order valence-corrected chi connectivity index (χ0v) is 20.1. The van der Waals surface area contributed by atoms with E-state index in [1.807, 2.05) is 18.2 Å². The lowest BCUT2D eigenvalue weighted by Crippen LogP contribution is -2.45. The summed E-state index contributed by atoms with van der Waals surface area (Å²) >= 11 is 7.51. The van der Waals surface area contributed by atoms with E-state index in [0.29, 0.717) is 46.8 Å². The predicted octanol–water partition coefficient (Wildman–Crippen LogP) is 4.82. The molecule has 2 N–H and O–H groups in total. The molecule has 1 aromatic carbocycles. The second kappa shape index (κ2) is 10.4. The lowest BCUT2D eigenvalue weighted by Gasteiger charge is -2.30. The molecule has 0 atom stereocenters. The Morgan fingerprint density at radius 2 is 1.91 bits per heavy atom. The molecule has 8 heteroatoms. The van der Waals surface area contributed by atoms with E-state index < -0.39 is 0 Å². The van der Waals surface area contributed by atoms with Gasteiger partial charge in [0.25, 0.3) is 5.56 Å². The van der Waals surface area contributed by atoms with E-state index >= 15 is 0 Å². The van der Waals surface area contributed by atoms with Crippen LogP contribution in [0.1, 0.15) is 42.5 Å². The number of rotatable bonds is 7. The number of nitrogens with one attached hydrogen (secondary N) is 2. The fraction of sp³-hybridized carbons (Fsp3) is 0.417. The Labute approximate surface area is 197 Å². The highest BCUT2D eigenvalue weighted by Crippen LogP contribution is 2.31. The molecule has 0 bridgehead atoms. The molecule has 0 spiro atoms. The summed E-state index contributed by atoms with van der Waals surface area (Å²) in [5.41, 5.74) is 1.25. The van der Waals surface area contributed by atoms with Crippen LogP contribution in [0.5, 0.6) is 11.5 Å². The van der Waals surface area contributed by atoms with Gasteiger partial charge in [-0.2, -0.15) is 0 Å². The third-order valence-corrected chi connectivity index (χ3v) is 7.17. The molecule has 0 unspecified atom stereocenters. The second-order valence-corrected chi connectivity index (χ2v) is 9.56. The first-order chi connectivity index (χ1) is 15.6. The minimum Gasteiger partial charge on any atom is -0.493 e. The average molecular weight is 472 g/mol. The summed E-state index contributed by atoms with van der Waals surface area (Å²) in [5, 5.41) is 7.21. The first kappa shape index (κ1) is 22.6. The molecular weight excluding hydrogens is 442 g/mol. The quantitative estimate of drug-likeness (QED) is 0.482. The van der Waals surface area contributed by atoms with Crippen molar-refractivity contribution in [2.24, 2.45) is 0 Å². The molecular formula is C24H29N3O3S2. The molecule has 4 rings (SSSR count). The molecule has 0 amide bonds. The molecule has 2 heterocycles. The van der Waals surface area contributed by atoms with Gasteiger partial charge >= 0.3 is 0 Å². The van der Waals surface area contributed by atoms with Crippen LogP contribution >= 0.6 is 23.6 Å². The summed E-state index contributed by atoms with van der Waals surface area (Å²) in [6.07, 6.45) is 6.06. The van der Waals surface area contributed by atoms with Gasteiger partial charge < -0.3 is 24.7 Å². The zero-order chi connectivity index (χ0) is 22.5. The fourth-order valence-corrected chi connectivity index (χ4v) is 5.22. The number of hydrogen-bond acceptors (Lipinski definition) is 5. The molecule has 0 saturated heterocycles. The zero-order valence-electron chi connectivity index (χ0n) is 18.5. The monoisotopic (exact) mass is 471 g/mol. The van der Waals surface area contributed by atoms with Crippen LogP contribution in [0.2, 0.25) is 0 Å². The van der Waals surface area contributed by atoms with Gasteiger partial charge in [-0.25, -0.2) is 0 Å². The van der Waals surface area contributed by atoms with Gasteiger partial charge in [0, 0.05) is 27.9 Å². The van der Waals surface area contributed by atoms with Crippen LogP contribution in [0.3, 0.4) is 0 Å². The van der Waals surface area contributed by atoms with Crippen molar-refractivity contribution in [3.63, 3.8) is 0 Å². The highest BCUT2D eigenvalue weighted by atomic mass is 32.1. The number of hydrogen-bond donors (Lipinski definition) is 2. The molecule has 170 valence electrons. The van der Waals surface area contributed by atoms with Gasteiger partial charge in [0.15, 0.2) is 16.6 Å². The van der Waals surface area contributed by atoms with E-state index in [4.69, 9.17) is 21.7 Å². The molecule has 1 fully saturated rings. The van der Waals surface area contributed by atoms with Crippen LogP contribution in [-0.4, -0.2) is 35.3 Å². The third kappa shape index (κ3) is 5.24. The number of nitrogens with zero attached hydrogens (tertiary/aromatic N) is 1. The Bertz CT molecular complexity index is 1120. The number of methoxy groups -OCH3 is 2. The van der Waals surface area contributed by atoms with Crippen molar-refractivity contribution >= 4 is 39.6 Å². The molecule has 0 aliphatic heterocycles. The van der Waals surface area contributed by atoms with Crippen molar-refractivity contribution in [2.75, 3.05) is 14.2 Å². The topological polar surface area (TPSA) is 66.6 Å². The normalized spacial score (nSPS) is 14.3. The van der Waals surface area contributed by atoms with Gasteiger partial charge in [0.2, 0.25) is 0 Å². The van der Waals surface area contributed by atoms with Gasteiger partial charge in [-0.15, -0.1) is 11.3 Å². The Morgan fingerprint density at radius 1 is 1.16 bits per heavy atom. The van der Waals surface area contributed by atoms with E-state index in [-0.39, 0.29) is 5.56 Å². The lowest BCUT2D eigenvalue weighted by molar-refractivity contribution is 0.355. The largest absolute Gasteiger partial charge is 0.493 e. The maximum atomic E-state index is 12.9. The Hall–Kier alpha value is -2.58. The van der Waals surface area contributed by atoms with E-state index in [1.165, 1.54) is 24.1 Å². The number of benzene rings is 1. The molecule has 1 aliphatic carbocycles. The summed E-state index contributed by atoms with van der Waals surface area (Å²) in [4.78, 5) is 19.2. The van der Waals surface area contributed by atoms with Gasteiger partial charge in [0.05, 0.1) is 32.8 Å². The standard InChI is InChI=1S/C24H29N3O3S2/c1-29-21-12-16-11-17(23(28)26-20(16)13-22(21)30-2)14-27(15-19-9-6-10-32-19)24(31)25-18-7-4-3-5-8-18/h6,9-13,18H,3-5,7-8,14-15H2,1-2H3,(H,25,31)(H,26,28). The molecule has 0 radical (unpaired) electrons. The maximum Gasteiger partial charge on any atom is 0.253 e. The van der Waals surface area contributed by atoms with E-state index in [2.05, 4.69) is 26.6 Å². The first-order valence-electron chi connectivity index (χ1n) is 10.9. The highest BCUT2D eigenvalue weighted by Gasteiger charge is 2.19. The molecule has 6 nitrogen and oxygen atoms in total. The van der Waals surface area contributed by atoms with Crippen molar-refractivity contribution < 1.29 is 9.47 Å². The van der Waals surface area contributed by atoms with Crippen LogP contribution in [0, 0.1) is 0 Å². The molecule has 2 aromatic heterocycles. The van der Waals surface area contributed by atoms with Crippen LogP contribution in [-0.2, 0) is 13.1 Å². The van der Waals surface area contributed by atoms with Crippen molar-refractivity contribution in [1.82, 2.24) is 15.2 Å². The Balaban J connectivity index is 1.61. The van der Waals surface area contributed by atoms with Gasteiger partial charge in [-0.1, -0.05) is 25.3 Å². The summed E-state index contributed by atoms with van der Waals surface area (Å²) in [7, 11) is 3.19. The van der Waals surface area contributed by atoms with Crippen LogP contribution < -0.4 is 20.3 Å². The second-order valence-electron chi connectivity index (χ2n) is 8.14. The fourth-order valence-electron chi connectivity index (χ4n) is 4.20. The number of pyridine rings is 1. The minimum atomic E-state index is -0.124. The van der Waals surface area contributed by atoms with E-state index in [1.54, 1.807) is 31.6 Å². The maximum absolute atomic E-state index is 12.9. The molecule has 1 saturated carbocycles. The number of thiophene rings is 1. The number of ether oxygens (including phenoxy) is 2. The van der Waals surface area contributed by atoms with Crippen LogP contribution in [0.15, 0.2) is 40.5 Å². The van der Waals surface area contributed by atoms with Crippen molar-refractivity contribution in [3.8, 4) is 11.5 Å². The summed E-state index contributed by atoms with van der Waals surface area (Å²) in [6, 6.07) is 10.1. The van der Waals surface area contributed by atoms with Crippen LogP contribution in [0.4, 0.5) is 0 Å². The molecule has 32 heavy (non-hydrogen) atoms. The smallest absolute Gasteiger partial charge is 0.253 e. The van der Waals surface area contributed by atoms with Gasteiger partial charge in [-0.3, -0.25) is 4.79 Å². The van der Waals surface area contributed by atoms with E-state index in [9.17, 15) is 4.79 Å². The average Bonchev–Trinajstić information content (AvgIpc) is 3.32. The first-order valence-corrected chi connectivity index (χ1v) is 12.2. The summed E-state index contributed by atoms with van der Waals surface area (Å²) in [5.74, 6) is 1.21. The Morgan fingerprint density at radius 3 is 2.59 bits per heavy atom. The summed E-state index contributed by atoms with van der Waals surface area (Å²) < 4.78 is 10.8. The SMILES string of the molecule is COc1cc2cc(CN(Cc3cccs3)C(=S)NC3CCCCC3)c(=O)[nH]c2cc1OC. The van der Waals surface area contributed by atoms with Crippen LogP contribution in [0.25, 0.3) is 10.9 Å². The van der Waals surface area contributed by atoms with Crippen molar-refractivity contribution in [2.45, 2.75) is 51.2 Å². The van der Waals surface area contributed by atoms with Crippen molar-refractivity contribution in [1.29, 1.82) is 0 Å². The van der Waals surface area contributed by atoms with E-state index in [0.717, 1.165) is 18.2 Å². The highest BCUT2D eigenvalue weighted by molar-refractivity contribution is 7.80. The van der Waals surface area contributed by atoms with Gasteiger partial charge in [-0.05, 0) is 48.6 Å². The van der Waals surface area contributed by atoms with Crippen molar-refractivity contribution in [3.05, 3.63) is 56.5 Å².